The molecule has 2 nitrogen and oxygen atoms in total. The number of hydrogen-bond donors (Lipinski definition) is 1. The lowest BCUT2D eigenvalue weighted by molar-refractivity contribution is -0.0264. The van der Waals surface area contributed by atoms with E-state index in [4.69, 9.17) is 4.74 Å². The molecule has 1 aliphatic carbocycles. The maximum atomic E-state index is 5.54. The quantitative estimate of drug-likeness (QED) is 0.680. The fourth-order valence-corrected chi connectivity index (χ4v) is 1.96. The molecule has 1 fully saturated rings. The van der Waals surface area contributed by atoms with Crippen LogP contribution in [0.25, 0.3) is 0 Å². The molecule has 1 aliphatic rings. The third-order valence-electron chi connectivity index (χ3n) is 3.25. The molecule has 0 aromatic rings. The fraction of sp³-hybridized carbons (Fsp3) is 1.00. The molecule has 1 atom stereocenters. The van der Waals surface area contributed by atoms with Gasteiger partial charge < -0.3 is 10.1 Å². The van der Waals surface area contributed by atoms with Crippen molar-refractivity contribution in [1.82, 2.24) is 5.32 Å². The van der Waals surface area contributed by atoms with E-state index in [-0.39, 0.29) is 0 Å². The Morgan fingerprint density at radius 2 is 2.07 bits per heavy atom. The predicted octanol–water partition coefficient (Wildman–Crippen LogP) is 2.58. The molecule has 1 saturated carbocycles. The van der Waals surface area contributed by atoms with Crippen LogP contribution in [-0.2, 0) is 4.74 Å². The Morgan fingerprint density at radius 3 is 2.64 bits per heavy atom. The van der Waals surface area contributed by atoms with Crippen molar-refractivity contribution in [3.8, 4) is 0 Å². The van der Waals surface area contributed by atoms with Gasteiger partial charge in [-0.05, 0) is 52.0 Å². The minimum absolute atomic E-state index is 0.577. The molecule has 1 unspecified atom stereocenters. The number of hydrogen-bond acceptors (Lipinski definition) is 2. The van der Waals surface area contributed by atoms with E-state index in [0.29, 0.717) is 12.1 Å². The Hall–Kier alpha value is -0.0800. The van der Waals surface area contributed by atoms with Gasteiger partial charge in [-0.2, -0.15) is 0 Å². The Labute approximate surface area is 88.4 Å². The second-order valence-corrected chi connectivity index (χ2v) is 4.47. The summed E-state index contributed by atoms with van der Waals surface area (Å²) in [4.78, 5) is 0. The summed E-state index contributed by atoms with van der Waals surface area (Å²) < 4.78 is 5.54. The van der Waals surface area contributed by atoms with E-state index in [1.54, 1.807) is 0 Å². The Bertz CT molecular complexity index is 143. The third-order valence-corrected chi connectivity index (χ3v) is 3.25. The summed E-state index contributed by atoms with van der Waals surface area (Å²) in [5.74, 6) is 0.920. The van der Waals surface area contributed by atoms with Crippen molar-refractivity contribution in [2.45, 2.75) is 58.6 Å². The maximum absolute atomic E-state index is 5.54. The van der Waals surface area contributed by atoms with Gasteiger partial charge >= 0.3 is 0 Å². The van der Waals surface area contributed by atoms with Crippen LogP contribution in [0, 0.1) is 5.92 Å². The summed E-state index contributed by atoms with van der Waals surface area (Å²) in [6.07, 6.45) is 5.71. The van der Waals surface area contributed by atoms with Crippen molar-refractivity contribution in [1.29, 1.82) is 0 Å². The van der Waals surface area contributed by atoms with Gasteiger partial charge in [0.1, 0.15) is 0 Å². The maximum Gasteiger partial charge on any atom is 0.0580 e. The van der Waals surface area contributed by atoms with Gasteiger partial charge in [-0.15, -0.1) is 0 Å². The lowest BCUT2D eigenvalue weighted by Crippen LogP contribution is -2.35. The highest BCUT2D eigenvalue weighted by Gasteiger charge is 2.28. The average molecular weight is 199 g/mol. The van der Waals surface area contributed by atoms with Crippen LogP contribution >= 0.6 is 0 Å². The molecular weight excluding hydrogens is 174 g/mol. The molecule has 14 heavy (non-hydrogen) atoms. The first-order valence-electron chi connectivity index (χ1n) is 6.11. The fourth-order valence-electron chi connectivity index (χ4n) is 1.96. The van der Waals surface area contributed by atoms with Crippen molar-refractivity contribution in [2.24, 2.45) is 5.92 Å². The summed E-state index contributed by atoms with van der Waals surface area (Å²) in [6.45, 7) is 8.62. The first kappa shape index (κ1) is 12.0. The summed E-state index contributed by atoms with van der Waals surface area (Å²) in [5, 5.41) is 3.54. The molecule has 0 saturated heterocycles. The van der Waals surface area contributed by atoms with Crippen LogP contribution in [0.15, 0.2) is 0 Å². The molecule has 1 rings (SSSR count). The first-order chi connectivity index (χ1) is 6.76. The van der Waals surface area contributed by atoms with Crippen LogP contribution in [0.2, 0.25) is 0 Å². The highest BCUT2D eigenvalue weighted by atomic mass is 16.5. The second kappa shape index (κ2) is 6.41. The van der Waals surface area contributed by atoms with Gasteiger partial charge in [0.25, 0.3) is 0 Å². The molecule has 0 amide bonds. The predicted molar refractivity (Wildman–Crippen MR) is 60.5 cm³/mol. The zero-order valence-corrected chi connectivity index (χ0v) is 9.88. The Morgan fingerprint density at radius 1 is 1.36 bits per heavy atom. The first-order valence-corrected chi connectivity index (χ1v) is 6.11. The Kier molecular flexibility index (Phi) is 5.49. The van der Waals surface area contributed by atoms with Crippen LogP contribution in [0.5, 0.6) is 0 Å². The molecule has 0 aromatic heterocycles. The topological polar surface area (TPSA) is 21.3 Å². The van der Waals surface area contributed by atoms with E-state index in [1.807, 2.05) is 0 Å². The van der Waals surface area contributed by atoms with Gasteiger partial charge in [0, 0.05) is 12.6 Å². The molecule has 2 heteroatoms. The normalized spacial score (nSPS) is 28.5. The van der Waals surface area contributed by atoms with E-state index in [0.717, 1.165) is 12.5 Å². The summed E-state index contributed by atoms with van der Waals surface area (Å²) in [6, 6.07) is 0.678. The van der Waals surface area contributed by atoms with Crippen molar-refractivity contribution in [3.05, 3.63) is 0 Å². The van der Waals surface area contributed by atoms with E-state index >= 15 is 0 Å². The SMILES string of the molecule is CCOC1CC(CCNC(C)CC)C1. The van der Waals surface area contributed by atoms with Crippen LogP contribution in [-0.4, -0.2) is 25.3 Å². The minimum atomic E-state index is 0.577. The Balaban J connectivity index is 1.90. The van der Waals surface area contributed by atoms with Gasteiger partial charge in [0.05, 0.1) is 6.10 Å². The smallest absolute Gasteiger partial charge is 0.0580 e. The van der Waals surface area contributed by atoms with E-state index in [1.165, 1.54) is 32.2 Å². The minimum Gasteiger partial charge on any atom is -0.378 e. The summed E-state index contributed by atoms with van der Waals surface area (Å²) in [5.41, 5.74) is 0. The number of nitrogens with one attached hydrogen (secondary N) is 1. The van der Waals surface area contributed by atoms with E-state index in [9.17, 15) is 0 Å². The molecule has 0 aromatic carbocycles. The third kappa shape index (κ3) is 3.97. The van der Waals surface area contributed by atoms with Gasteiger partial charge in [-0.1, -0.05) is 6.92 Å². The zero-order valence-electron chi connectivity index (χ0n) is 9.88. The van der Waals surface area contributed by atoms with Gasteiger partial charge in [-0.3, -0.25) is 0 Å². The molecular formula is C12H25NO. The van der Waals surface area contributed by atoms with E-state index < -0.39 is 0 Å². The van der Waals surface area contributed by atoms with Gasteiger partial charge in [0.2, 0.25) is 0 Å². The van der Waals surface area contributed by atoms with Crippen molar-refractivity contribution < 1.29 is 4.74 Å². The molecule has 0 spiro atoms. The number of ether oxygens (including phenoxy) is 1. The molecule has 1 N–H and O–H groups in total. The standard InChI is InChI=1S/C12H25NO/c1-4-10(3)13-7-6-11-8-12(9-11)14-5-2/h10-13H,4-9H2,1-3H3. The largest absolute Gasteiger partial charge is 0.378 e. The van der Waals surface area contributed by atoms with Crippen LogP contribution in [0.3, 0.4) is 0 Å². The lowest BCUT2D eigenvalue weighted by atomic mass is 9.80. The van der Waals surface area contributed by atoms with Crippen LogP contribution in [0.4, 0.5) is 0 Å². The summed E-state index contributed by atoms with van der Waals surface area (Å²) >= 11 is 0. The molecule has 0 heterocycles. The van der Waals surface area contributed by atoms with Crippen LogP contribution < -0.4 is 5.32 Å². The van der Waals surface area contributed by atoms with Gasteiger partial charge in [0.15, 0.2) is 0 Å². The lowest BCUT2D eigenvalue weighted by Gasteiger charge is -2.35. The second-order valence-electron chi connectivity index (χ2n) is 4.47. The average Bonchev–Trinajstić information content (AvgIpc) is 2.13. The molecule has 0 bridgehead atoms. The highest BCUT2D eigenvalue weighted by molar-refractivity contribution is 4.80. The van der Waals surface area contributed by atoms with E-state index in [2.05, 4.69) is 26.1 Å². The highest BCUT2D eigenvalue weighted by Crippen LogP contribution is 2.32. The number of rotatable bonds is 7. The molecule has 0 aliphatic heterocycles. The zero-order chi connectivity index (χ0) is 10.4. The molecule has 84 valence electrons. The van der Waals surface area contributed by atoms with Gasteiger partial charge in [-0.25, -0.2) is 0 Å². The monoisotopic (exact) mass is 199 g/mol. The summed E-state index contributed by atoms with van der Waals surface area (Å²) in [7, 11) is 0. The molecule has 0 radical (unpaired) electrons. The van der Waals surface area contributed by atoms with Crippen molar-refractivity contribution in [2.75, 3.05) is 13.2 Å². The van der Waals surface area contributed by atoms with Crippen molar-refractivity contribution >= 4 is 0 Å². The van der Waals surface area contributed by atoms with Crippen molar-refractivity contribution in [3.63, 3.8) is 0 Å². The van der Waals surface area contributed by atoms with Crippen LogP contribution in [0.1, 0.15) is 46.5 Å².